The molecule has 0 radical (unpaired) electrons. The van der Waals surface area contributed by atoms with Crippen molar-refractivity contribution in [3.63, 3.8) is 0 Å². The van der Waals surface area contributed by atoms with E-state index >= 15 is 0 Å². The molecule has 0 aromatic heterocycles. The summed E-state index contributed by atoms with van der Waals surface area (Å²) in [6.45, 7) is 1.87. The second-order valence-electron chi connectivity index (χ2n) is 9.30. The molecule has 1 saturated carbocycles. The third-order valence-electron chi connectivity index (χ3n) is 8.26. The number of carboxylic acids is 1. The number of nitrogens with one attached hydrogen (secondary N) is 1. The van der Waals surface area contributed by atoms with Crippen molar-refractivity contribution < 1.29 is 29.2 Å². The molecule has 6 rings (SSSR count). The summed E-state index contributed by atoms with van der Waals surface area (Å²) in [5.41, 5.74) is 0.637. The van der Waals surface area contributed by atoms with Gasteiger partial charge in [-0.3, -0.25) is 29.4 Å². The Hall–Kier alpha value is -2.85. The van der Waals surface area contributed by atoms with Crippen LogP contribution in [0.2, 0.25) is 0 Å². The number of carboxylic acid groups (broad SMARTS) is 1. The normalized spacial score (nSPS) is 40.5. The SMILES string of the molecule is O=C(O)C[C@H]1OCC=C2CN3CC[C@@]45C6=CC(=O)C(=O)C([N+](=O)[O-])=C6N[C@H]4[C@H]1[C@H]2C[C@@H]35. The number of nitro groups is 1. The average Bonchev–Trinajstić information content (AvgIpc) is 3.18. The lowest BCUT2D eigenvalue weighted by molar-refractivity contribution is -0.419. The maximum atomic E-state index is 12.4. The van der Waals surface area contributed by atoms with E-state index in [9.17, 15) is 29.6 Å². The van der Waals surface area contributed by atoms with E-state index in [2.05, 4.69) is 16.3 Å². The molecular formula is C21H21N3O7. The number of hydrogen-bond acceptors (Lipinski definition) is 8. The number of fused-ring (bicyclic) bond motifs is 2. The van der Waals surface area contributed by atoms with Gasteiger partial charge in [-0.15, -0.1) is 0 Å². The highest BCUT2D eigenvalue weighted by molar-refractivity contribution is 6.48. The van der Waals surface area contributed by atoms with Crippen LogP contribution in [0, 0.1) is 27.4 Å². The first kappa shape index (κ1) is 18.9. The molecule has 2 N–H and O–H groups in total. The summed E-state index contributed by atoms with van der Waals surface area (Å²) in [6, 6.07) is -0.271. The van der Waals surface area contributed by atoms with Crippen LogP contribution in [0.15, 0.2) is 34.7 Å². The fourth-order valence-electron chi connectivity index (χ4n) is 7.23. The number of carbonyl (C=O) groups excluding carboxylic acids is 2. The van der Waals surface area contributed by atoms with Gasteiger partial charge in [-0.2, -0.15) is 0 Å². The second-order valence-corrected chi connectivity index (χ2v) is 9.30. The Balaban J connectivity index is 1.57. The molecule has 2 bridgehead atoms. The van der Waals surface area contributed by atoms with Gasteiger partial charge in [0.05, 0.1) is 24.1 Å². The monoisotopic (exact) mass is 427 g/mol. The zero-order valence-corrected chi connectivity index (χ0v) is 16.6. The highest BCUT2D eigenvalue weighted by atomic mass is 16.6. The van der Waals surface area contributed by atoms with Gasteiger partial charge in [0.2, 0.25) is 5.78 Å². The predicted octanol–water partition coefficient (Wildman–Crippen LogP) is 0.0350. The van der Waals surface area contributed by atoms with E-state index in [0.29, 0.717) is 18.6 Å². The van der Waals surface area contributed by atoms with Crippen molar-refractivity contribution in [1.82, 2.24) is 10.2 Å². The van der Waals surface area contributed by atoms with Crippen LogP contribution in [0.5, 0.6) is 0 Å². The van der Waals surface area contributed by atoms with Crippen LogP contribution < -0.4 is 5.32 Å². The highest BCUT2D eigenvalue weighted by Gasteiger charge is 2.69. The van der Waals surface area contributed by atoms with Crippen molar-refractivity contribution in [3.05, 3.63) is 44.8 Å². The van der Waals surface area contributed by atoms with Gasteiger partial charge in [0, 0.05) is 30.0 Å². The van der Waals surface area contributed by atoms with Crippen LogP contribution in [0.25, 0.3) is 0 Å². The summed E-state index contributed by atoms with van der Waals surface area (Å²) in [5, 5.41) is 24.6. The van der Waals surface area contributed by atoms with E-state index in [4.69, 9.17) is 4.74 Å². The molecule has 6 atom stereocenters. The first-order valence-electron chi connectivity index (χ1n) is 10.6. The van der Waals surface area contributed by atoms with E-state index in [1.54, 1.807) is 0 Å². The first-order valence-corrected chi connectivity index (χ1v) is 10.6. The van der Waals surface area contributed by atoms with Crippen LogP contribution in [-0.2, 0) is 19.1 Å². The van der Waals surface area contributed by atoms with Crippen molar-refractivity contribution in [2.75, 3.05) is 19.7 Å². The Bertz CT molecular complexity index is 1060. The quantitative estimate of drug-likeness (QED) is 0.210. The molecule has 0 aromatic carbocycles. The summed E-state index contributed by atoms with van der Waals surface area (Å²) in [4.78, 5) is 49.8. The van der Waals surface area contributed by atoms with Gasteiger partial charge in [0.15, 0.2) is 0 Å². The summed E-state index contributed by atoms with van der Waals surface area (Å²) in [6.07, 6.45) is 4.09. The molecule has 4 heterocycles. The van der Waals surface area contributed by atoms with Gasteiger partial charge in [0.25, 0.3) is 0 Å². The lowest BCUT2D eigenvalue weighted by Crippen LogP contribution is -2.63. The topological polar surface area (TPSA) is 139 Å². The number of nitrogens with zero attached hydrogens (tertiary/aromatic N) is 2. The smallest absolute Gasteiger partial charge is 0.343 e. The standard InChI is InChI=1S/C21H21N3O7/c25-12-6-11-17(18(19(12)28)24(29)30)22-20-16-10-5-14-21(11,20)2-3-23(14)8-9(10)1-4-31-13(16)7-15(26)27/h1,6,10,13-14,16,20,22H,2-5,7-8H2,(H,26,27)/t10-,13+,14+,16-,20-,21-/m0/s1. The largest absolute Gasteiger partial charge is 0.481 e. The molecule has 1 spiro atoms. The molecule has 0 unspecified atom stereocenters. The summed E-state index contributed by atoms with van der Waals surface area (Å²) >= 11 is 0. The van der Waals surface area contributed by atoms with Crippen LogP contribution >= 0.6 is 0 Å². The van der Waals surface area contributed by atoms with Crippen LogP contribution in [0.4, 0.5) is 0 Å². The number of ketones is 2. The number of rotatable bonds is 3. The fraction of sp³-hybridized carbons (Fsp3) is 0.571. The molecular weight excluding hydrogens is 406 g/mol. The van der Waals surface area contributed by atoms with Gasteiger partial charge >= 0.3 is 17.4 Å². The van der Waals surface area contributed by atoms with Crippen molar-refractivity contribution in [1.29, 1.82) is 0 Å². The number of Topliss-reactive ketones (excluding diaryl/α,β-unsaturated/α-hetero) is 1. The molecule has 162 valence electrons. The Morgan fingerprint density at radius 2 is 2.23 bits per heavy atom. The van der Waals surface area contributed by atoms with Gasteiger partial charge in [-0.05, 0) is 37.0 Å². The molecule has 2 aliphatic carbocycles. The third kappa shape index (κ3) is 2.26. The number of carbonyl (C=O) groups is 3. The van der Waals surface area contributed by atoms with Crippen molar-refractivity contribution in [2.45, 2.75) is 37.5 Å². The number of ether oxygens (including phenoxy) is 1. The molecule has 0 aromatic rings. The summed E-state index contributed by atoms with van der Waals surface area (Å²) in [7, 11) is 0. The van der Waals surface area contributed by atoms with Crippen molar-refractivity contribution in [3.8, 4) is 0 Å². The van der Waals surface area contributed by atoms with Gasteiger partial charge in [-0.25, -0.2) is 0 Å². The van der Waals surface area contributed by atoms with Crippen molar-refractivity contribution in [2.24, 2.45) is 17.3 Å². The van der Waals surface area contributed by atoms with Gasteiger partial charge < -0.3 is 15.2 Å². The van der Waals surface area contributed by atoms with E-state index < -0.39 is 39.7 Å². The minimum atomic E-state index is -1.11. The second kappa shape index (κ2) is 6.10. The van der Waals surface area contributed by atoms with Gasteiger partial charge in [-0.1, -0.05) is 11.6 Å². The Morgan fingerprint density at radius 3 is 2.97 bits per heavy atom. The van der Waals surface area contributed by atoms with E-state index in [1.165, 1.54) is 11.6 Å². The summed E-state index contributed by atoms with van der Waals surface area (Å²) < 4.78 is 6.00. The molecule has 3 saturated heterocycles. The lowest BCUT2D eigenvalue weighted by atomic mass is 9.54. The highest BCUT2D eigenvalue weighted by Crippen LogP contribution is 2.64. The Morgan fingerprint density at radius 1 is 1.42 bits per heavy atom. The third-order valence-corrected chi connectivity index (χ3v) is 8.26. The van der Waals surface area contributed by atoms with Crippen LogP contribution in [0.3, 0.4) is 0 Å². The molecule has 10 heteroatoms. The lowest BCUT2D eigenvalue weighted by Gasteiger charge is -2.55. The number of hydrogen-bond donors (Lipinski definition) is 2. The average molecular weight is 427 g/mol. The maximum absolute atomic E-state index is 12.4. The summed E-state index contributed by atoms with van der Waals surface area (Å²) in [5.74, 6) is -3.05. The molecule has 4 aliphatic heterocycles. The predicted molar refractivity (Wildman–Crippen MR) is 103 cm³/mol. The van der Waals surface area contributed by atoms with Gasteiger partial charge in [0.1, 0.15) is 5.70 Å². The molecule has 4 fully saturated rings. The van der Waals surface area contributed by atoms with E-state index in [0.717, 1.165) is 19.5 Å². The Labute approximate surface area is 176 Å². The molecule has 6 aliphatic rings. The van der Waals surface area contributed by atoms with E-state index in [-0.39, 0.29) is 36.0 Å². The Kier molecular flexibility index (Phi) is 3.72. The molecule has 0 amide bonds. The van der Waals surface area contributed by atoms with Crippen LogP contribution in [-0.4, -0.2) is 70.3 Å². The minimum absolute atomic E-state index is 0.0738. The zero-order chi connectivity index (χ0) is 21.7. The van der Waals surface area contributed by atoms with Crippen LogP contribution in [0.1, 0.15) is 19.3 Å². The molecule has 31 heavy (non-hydrogen) atoms. The number of allylic oxidation sites excluding steroid dienone is 3. The number of aliphatic carboxylic acids is 1. The van der Waals surface area contributed by atoms with Crippen molar-refractivity contribution >= 4 is 17.5 Å². The fourth-order valence-corrected chi connectivity index (χ4v) is 7.23. The molecule has 10 nitrogen and oxygen atoms in total. The maximum Gasteiger partial charge on any atom is 0.343 e. The first-order chi connectivity index (χ1) is 14.8. The number of piperidine rings is 1. The zero-order valence-electron chi connectivity index (χ0n) is 16.6. The van der Waals surface area contributed by atoms with E-state index in [1.807, 2.05) is 0 Å². The minimum Gasteiger partial charge on any atom is -0.481 e.